The fourth-order valence-corrected chi connectivity index (χ4v) is 2.82. The van der Waals surface area contributed by atoms with E-state index >= 15 is 0 Å². The van der Waals surface area contributed by atoms with E-state index in [-0.39, 0.29) is 6.61 Å². The van der Waals surface area contributed by atoms with E-state index in [1.165, 1.54) is 24.8 Å². The highest BCUT2D eigenvalue weighted by Crippen LogP contribution is 2.21. The van der Waals surface area contributed by atoms with Crippen molar-refractivity contribution in [1.29, 1.82) is 0 Å². The van der Waals surface area contributed by atoms with Gasteiger partial charge in [0.2, 0.25) is 0 Å². The Morgan fingerprint density at radius 2 is 1.80 bits per heavy atom. The van der Waals surface area contributed by atoms with Gasteiger partial charge >= 0.3 is 0 Å². The van der Waals surface area contributed by atoms with Crippen molar-refractivity contribution in [2.24, 2.45) is 5.92 Å². The van der Waals surface area contributed by atoms with Gasteiger partial charge in [0.25, 0.3) is 0 Å². The smallest absolute Gasteiger partial charge is 0.137 e. The second kappa shape index (κ2) is 10.2. The number of benzene rings is 1. The van der Waals surface area contributed by atoms with E-state index < -0.39 is 6.17 Å². The van der Waals surface area contributed by atoms with Gasteiger partial charge in [-0.15, -0.1) is 0 Å². The molecule has 1 aromatic carbocycles. The van der Waals surface area contributed by atoms with Gasteiger partial charge in [-0.2, -0.15) is 0 Å². The molecule has 0 spiro atoms. The lowest BCUT2D eigenvalue weighted by atomic mass is 10.0. The van der Waals surface area contributed by atoms with Crippen molar-refractivity contribution in [2.75, 3.05) is 6.61 Å². The Morgan fingerprint density at radius 3 is 2.40 bits per heavy atom. The monoisotopic (exact) mass is 343 g/mol. The summed E-state index contributed by atoms with van der Waals surface area (Å²) < 4.78 is 19.2. The first-order valence-electron chi connectivity index (χ1n) is 9.40. The van der Waals surface area contributed by atoms with Crippen LogP contribution in [0.15, 0.2) is 42.6 Å². The van der Waals surface area contributed by atoms with E-state index in [9.17, 15) is 4.39 Å². The molecule has 0 saturated heterocycles. The second-order valence-electron chi connectivity index (χ2n) is 7.07. The number of halogens is 1. The minimum atomic E-state index is -0.931. The highest BCUT2D eigenvalue weighted by atomic mass is 19.1. The summed E-state index contributed by atoms with van der Waals surface area (Å²) in [4.78, 5) is 4.45. The molecule has 3 heteroatoms. The molecule has 0 N–H and O–H groups in total. The van der Waals surface area contributed by atoms with Gasteiger partial charge in [-0.25, -0.2) is 4.39 Å². The largest absolute Gasteiger partial charge is 0.489 e. The van der Waals surface area contributed by atoms with Crippen LogP contribution in [0.2, 0.25) is 0 Å². The number of unbranched alkanes of at least 4 members (excludes halogenated alkanes) is 2. The Morgan fingerprint density at radius 1 is 1.04 bits per heavy atom. The van der Waals surface area contributed by atoms with Crippen molar-refractivity contribution in [3.8, 4) is 17.0 Å². The fourth-order valence-electron chi connectivity index (χ4n) is 2.82. The van der Waals surface area contributed by atoms with Gasteiger partial charge in [0, 0.05) is 5.56 Å². The number of rotatable bonds is 10. The SMILES string of the molecule is CCCCCc1ccc(-c2ccc(OCC(F)CC(C)C)cn2)cc1. The summed E-state index contributed by atoms with van der Waals surface area (Å²) in [6, 6.07) is 12.4. The van der Waals surface area contributed by atoms with Crippen LogP contribution in [-0.4, -0.2) is 17.8 Å². The average molecular weight is 343 g/mol. The summed E-state index contributed by atoms with van der Waals surface area (Å²) in [6.07, 6.45) is 6.17. The van der Waals surface area contributed by atoms with Crippen molar-refractivity contribution in [3.63, 3.8) is 0 Å². The van der Waals surface area contributed by atoms with Crippen LogP contribution < -0.4 is 4.74 Å². The van der Waals surface area contributed by atoms with Gasteiger partial charge in [-0.1, -0.05) is 57.9 Å². The van der Waals surface area contributed by atoms with E-state index in [2.05, 4.69) is 36.2 Å². The van der Waals surface area contributed by atoms with E-state index in [1.54, 1.807) is 6.20 Å². The Bertz CT molecular complexity index is 607. The summed E-state index contributed by atoms with van der Waals surface area (Å²) in [5.74, 6) is 0.954. The number of hydrogen-bond donors (Lipinski definition) is 0. The van der Waals surface area contributed by atoms with E-state index in [1.807, 2.05) is 26.0 Å². The van der Waals surface area contributed by atoms with Crippen LogP contribution >= 0.6 is 0 Å². The average Bonchev–Trinajstić information content (AvgIpc) is 2.61. The molecule has 0 radical (unpaired) electrons. The molecular formula is C22H30FNO. The Hall–Kier alpha value is -1.90. The van der Waals surface area contributed by atoms with Crippen LogP contribution in [0.4, 0.5) is 4.39 Å². The number of hydrogen-bond acceptors (Lipinski definition) is 2. The van der Waals surface area contributed by atoms with E-state index in [0.29, 0.717) is 18.1 Å². The fraction of sp³-hybridized carbons (Fsp3) is 0.500. The van der Waals surface area contributed by atoms with Gasteiger partial charge in [-0.05, 0) is 42.9 Å². The van der Waals surface area contributed by atoms with Crippen molar-refractivity contribution < 1.29 is 9.13 Å². The molecular weight excluding hydrogens is 313 g/mol. The minimum absolute atomic E-state index is 0.0890. The summed E-state index contributed by atoms with van der Waals surface area (Å²) in [6.45, 7) is 6.34. The number of aromatic nitrogens is 1. The van der Waals surface area contributed by atoms with Crippen molar-refractivity contribution in [1.82, 2.24) is 4.98 Å². The van der Waals surface area contributed by atoms with Crippen LogP contribution in [0.1, 0.15) is 52.0 Å². The molecule has 0 fully saturated rings. The molecule has 0 aliphatic rings. The first-order chi connectivity index (χ1) is 12.1. The molecule has 1 heterocycles. The molecule has 2 rings (SSSR count). The zero-order valence-corrected chi connectivity index (χ0v) is 15.7. The van der Waals surface area contributed by atoms with Crippen LogP contribution in [0.5, 0.6) is 5.75 Å². The molecule has 2 aromatic rings. The molecule has 25 heavy (non-hydrogen) atoms. The Kier molecular flexibility index (Phi) is 7.90. The predicted octanol–water partition coefficient (Wildman–Crippen LogP) is 6.24. The van der Waals surface area contributed by atoms with Gasteiger partial charge in [0.1, 0.15) is 18.5 Å². The highest BCUT2D eigenvalue weighted by molar-refractivity contribution is 5.59. The first-order valence-corrected chi connectivity index (χ1v) is 9.40. The molecule has 0 aliphatic carbocycles. The van der Waals surface area contributed by atoms with E-state index in [0.717, 1.165) is 17.7 Å². The van der Waals surface area contributed by atoms with Gasteiger partial charge < -0.3 is 4.74 Å². The van der Waals surface area contributed by atoms with Crippen molar-refractivity contribution >= 4 is 0 Å². The molecule has 0 aliphatic heterocycles. The molecule has 136 valence electrons. The standard InChI is InChI=1S/C22H30FNO/c1-4-5-6-7-18-8-10-19(11-9-18)22-13-12-21(15-24-22)25-16-20(23)14-17(2)3/h8-13,15,17,20H,4-7,14,16H2,1-3H3. The molecule has 0 amide bonds. The second-order valence-corrected chi connectivity index (χ2v) is 7.07. The van der Waals surface area contributed by atoms with Crippen LogP contribution in [0.25, 0.3) is 11.3 Å². The topological polar surface area (TPSA) is 22.1 Å². The quantitative estimate of drug-likeness (QED) is 0.476. The third-order valence-corrected chi connectivity index (χ3v) is 4.21. The zero-order chi connectivity index (χ0) is 18.1. The Labute approximate surface area is 151 Å². The number of pyridine rings is 1. The van der Waals surface area contributed by atoms with Gasteiger partial charge in [0.15, 0.2) is 0 Å². The van der Waals surface area contributed by atoms with Crippen molar-refractivity contribution in [3.05, 3.63) is 48.2 Å². The summed E-state index contributed by atoms with van der Waals surface area (Å²) in [5, 5.41) is 0. The third-order valence-electron chi connectivity index (χ3n) is 4.21. The third kappa shape index (κ3) is 6.85. The first kappa shape index (κ1) is 19.4. The number of ether oxygens (including phenoxy) is 1. The molecule has 1 atom stereocenters. The summed E-state index contributed by atoms with van der Waals surface area (Å²) >= 11 is 0. The minimum Gasteiger partial charge on any atom is -0.489 e. The highest BCUT2D eigenvalue weighted by Gasteiger charge is 2.10. The van der Waals surface area contributed by atoms with Crippen LogP contribution in [0.3, 0.4) is 0 Å². The van der Waals surface area contributed by atoms with Crippen molar-refractivity contribution in [2.45, 2.75) is 59.0 Å². The molecule has 0 bridgehead atoms. The lowest BCUT2D eigenvalue weighted by Gasteiger charge is -2.12. The van der Waals surface area contributed by atoms with Gasteiger partial charge in [-0.3, -0.25) is 4.98 Å². The molecule has 2 nitrogen and oxygen atoms in total. The summed E-state index contributed by atoms with van der Waals surface area (Å²) in [7, 11) is 0. The normalized spacial score (nSPS) is 12.4. The molecule has 1 unspecified atom stereocenters. The van der Waals surface area contributed by atoms with Crippen LogP contribution in [-0.2, 0) is 6.42 Å². The number of aryl methyl sites for hydroxylation is 1. The van der Waals surface area contributed by atoms with E-state index in [4.69, 9.17) is 4.74 Å². The maximum Gasteiger partial charge on any atom is 0.137 e. The molecule has 1 aromatic heterocycles. The van der Waals surface area contributed by atoms with Crippen LogP contribution in [0, 0.1) is 5.92 Å². The number of nitrogens with zero attached hydrogens (tertiary/aromatic N) is 1. The molecule has 0 saturated carbocycles. The predicted molar refractivity (Wildman–Crippen MR) is 103 cm³/mol. The number of alkyl halides is 1. The zero-order valence-electron chi connectivity index (χ0n) is 15.7. The maximum atomic E-state index is 13.7. The Balaban J connectivity index is 1.88. The maximum absolute atomic E-state index is 13.7. The lowest BCUT2D eigenvalue weighted by molar-refractivity contribution is 0.173. The lowest BCUT2D eigenvalue weighted by Crippen LogP contribution is -2.15. The van der Waals surface area contributed by atoms with Gasteiger partial charge in [0.05, 0.1) is 11.9 Å². The summed E-state index contributed by atoms with van der Waals surface area (Å²) in [5.41, 5.74) is 3.37.